The maximum atomic E-state index is 11.7. The van der Waals surface area contributed by atoms with Crippen molar-refractivity contribution < 1.29 is 14.6 Å². The maximum Gasteiger partial charge on any atom is 0.468 e. The average molecular weight is 254 g/mol. The summed E-state index contributed by atoms with van der Waals surface area (Å²) >= 11 is 0. The first-order chi connectivity index (χ1) is 8.54. The van der Waals surface area contributed by atoms with E-state index in [-0.39, 0.29) is 0 Å². The second kappa shape index (κ2) is 3.83. The van der Waals surface area contributed by atoms with Crippen molar-refractivity contribution in [1.29, 1.82) is 0 Å². The molecule has 0 aromatic heterocycles. The summed E-state index contributed by atoms with van der Waals surface area (Å²) in [6.07, 6.45) is 5.06. The van der Waals surface area contributed by atoms with E-state index in [0.29, 0.717) is 17.8 Å². The fourth-order valence-corrected chi connectivity index (χ4v) is 4.84. The number of amides is 1. The van der Waals surface area contributed by atoms with Crippen LogP contribution in [0.3, 0.4) is 0 Å². The molecule has 0 saturated heterocycles. The Morgan fingerprint density at radius 1 is 1.22 bits per heavy atom. The number of nitro groups is 1. The van der Waals surface area contributed by atoms with Crippen molar-refractivity contribution in [3.8, 4) is 0 Å². The van der Waals surface area contributed by atoms with E-state index in [1.165, 1.54) is 26.4 Å². The summed E-state index contributed by atoms with van der Waals surface area (Å²) in [5.41, 5.74) is -0.578. The van der Waals surface area contributed by atoms with Gasteiger partial charge in [0.15, 0.2) is 5.03 Å². The van der Waals surface area contributed by atoms with Gasteiger partial charge in [0.05, 0.1) is 7.11 Å². The lowest BCUT2D eigenvalue weighted by atomic mass is 9.53. The van der Waals surface area contributed by atoms with Crippen molar-refractivity contribution in [2.45, 2.75) is 44.1 Å². The third kappa shape index (κ3) is 1.58. The maximum absolute atomic E-state index is 11.7. The number of hydrogen-bond acceptors (Lipinski definition) is 4. The molecular weight excluding hydrogens is 236 g/mol. The molecule has 0 N–H and O–H groups in total. The minimum absolute atomic E-state index is 0.559. The van der Waals surface area contributed by atoms with E-state index >= 15 is 0 Å². The molecular formula is C12H18N2O4. The van der Waals surface area contributed by atoms with E-state index in [4.69, 9.17) is 0 Å². The zero-order valence-corrected chi connectivity index (χ0v) is 10.5. The summed E-state index contributed by atoms with van der Waals surface area (Å²) < 4.78 is 4.61. The number of nitrogens with zero attached hydrogens (tertiary/aromatic N) is 2. The van der Waals surface area contributed by atoms with Gasteiger partial charge < -0.3 is 4.74 Å². The molecule has 4 saturated carbocycles. The number of methoxy groups -OCH3 is 1. The van der Waals surface area contributed by atoms with Crippen LogP contribution in [-0.4, -0.2) is 28.8 Å². The molecule has 0 heterocycles. The van der Waals surface area contributed by atoms with Gasteiger partial charge in [-0.3, -0.25) is 0 Å². The number of rotatable bonds is 2. The van der Waals surface area contributed by atoms with Gasteiger partial charge in [0.2, 0.25) is 0 Å². The Hall–Kier alpha value is -1.33. The van der Waals surface area contributed by atoms with Gasteiger partial charge in [-0.15, -0.1) is 0 Å². The topological polar surface area (TPSA) is 72.7 Å². The number of ether oxygens (including phenoxy) is 1. The standard InChI is InChI=1S/C12H18N2O4/c1-18-11(15)13(14(16)17)12-5-8-2-9(6-12)4-10(3-8)7-12/h8-10H,2-7H2,1H3. The molecule has 4 fully saturated rings. The fraction of sp³-hybridized carbons (Fsp3) is 0.917. The minimum atomic E-state index is -0.818. The first kappa shape index (κ1) is 11.7. The van der Waals surface area contributed by atoms with Gasteiger partial charge >= 0.3 is 6.09 Å². The predicted molar refractivity (Wildman–Crippen MR) is 62.1 cm³/mol. The van der Waals surface area contributed by atoms with Gasteiger partial charge in [-0.25, -0.2) is 14.9 Å². The molecule has 18 heavy (non-hydrogen) atoms. The van der Waals surface area contributed by atoms with Crippen LogP contribution in [0.1, 0.15) is 38.5 Å². The molecule has 0 aromatic rings. The van der Waals surface area contributed by atoms with Crippen LogP contribution in [0, 0.1) is 27.9 Å². The van der Waals surface area contributed by atoms with Gasteiger partial charge in [0.1, 0.15) is 5.54 Å². The van der Waals surface area contributed by atoms with Gasteiger partial charge in [-0.2, -0.15) is 0 Å². The molecule has 0 unspecified atom stereocenters. The Bertz CT molecular complexity index is 360. The average Bonchev–Trinajstić information content (AvgIpc) is 2.25. The van der Waals surface area contributed by atoms with E-state index in [1.54, 1.807) is 0 Å². The van der Waals surface area contributed by atoms with Crippen molar-refractivity contribution in [2.24, 2.45) is 17.8 Å². The first-order valence-electron chi connectivity index (χ1n) is 6.56. The van der Waals surface area contributed by atoms with E-state index in [2.05, 4.69) is 4.74 Å². The van der Waals surface area contributed by atoms with E-state index < -0.39 is 16.7 Å². The molecule has 1 amide bonds. The van der Waals surface area contributed by atoms with Crippen LogP contribution in [0.15, 0.2) is 0 Å². The Morgan fingerprint density at radius 3 is 2.00 bits per heavy atom. The van der Waals surface area contributed by atoms with E-state index in [0.717, 1.165) is 24.3 Å². The Labute approximate surface area is 105 Å². The van der Waals surface area contributed by atoms with Crippen LogP contribution in [0.2, 0.25) is 0 Å². The van der Waals surface area contributed by atoms with E-state index in [9.17, 15) is 14.9 Å². The molecule has 4 bridgehead atoms. The van der Waals surface area contributed by atoms with Gasteiger partial charge in [-0.1, -0.05) is 0 Å². The number of carbonyl (C=O) groups excluding carboxylic acids is 1. The zero-order valence-electron chi connectivity index (χ0n) is 10.5. The normalized spacial score (nSPS) is 40.6. The van der Waals surface area contributed by atoms with Crippen LogP contribution >= 0.6 is 0 Å². The highest BCUT2D eigenvalue weighted by Gasteiger charge is 2.59. The van der Waals surface area contributed by atoms with Crippen LogP contribution in [0.25, 0.3) is 0 Å². The SMILES string of the molecule is COC(=O)N([N+](=O)[O-])C12CC3CC(CC(C3)C1)C2. The third-order valence-corrected chi connectivity index (χ3v) is 4.97. The molecule has 4 aliphatic rings. The molecule has 0 aliphatic heterocycles. The first-order valence-corrected chi connectivity index (χ1v) is 6.56. The lowest BCUT2D eigenvalue weighted by Gasteiger charge is -2.56. The summed E-state index contributed by atoms with van der Waals surface area (Å²) in [7, 11) is 1.21. The summed E-state index contributed by atoms with van der Waals surface area (Å²) in [5, 5.41) is 11.5. The van der Waals surface area contributed by atoms with Crippen molar-refractivity contribution >= 4 is 6.09 Å². The quantitative estimate of drug-likeness (QED) is 0.559. The Morgan fingerprint density at radius 2 is 1.67 bits per heavy atom. The third-order valence-electron chi connectivity index (χ3n) is 4.97. The lowest BCUT2D eigenvalue weighted by Crippen LogP contribution is -2.63. The largest absolute Gasteiger partial charge is 0.468 e. The van der Waals surface area contributed by atoms with Crippen molar-refractivity contribution in [3.63, 3.8) is 0 Å². The van der Waals surface area contributed by atoms with E-state index in [1.807, 2.05) is 0 Å². The Balaban J connectivity index is 1.93. The summed E-state index contributed by atoms with van der Waals surface area (Å²) in [6.45, 7) is 0. The molecule has 0 aromatic carbocycles. The minimum Gasteiger partial charge on any atom is -0.449 e. The highest BCUT2D eigenvalue weighted by atomic mass is 16.7. The summed E-state index contributed by atoms with van der Waals surface area (Å²) in [4.78, 5) is 23.0. The summed E-state index contributed by atoms with van der Waals surface area (Å²) in [5.74, 6) is 1.68. The number of hydrogen-bond donors (Lipinski definition) is 0. The zero-order chi connectivity index (χ0) is 12.9. The highest BCUT2D eigenvalue weighted by Crippen LogP contribution is 2.57. The fourth-order valence-electron chi connectivity index (χ4n) is 4.84. The van der Waals surface area contributed by atoms with Gasteiger partial charge in [0.25, 0.3) is 0 Å². The lowest BCUT2D eigenvalue weighted by molar-refractivity contribution is -0.658. The second-order valence-corrected chi connectivity index (χ2v) is 6.16. The second-order valence-electron chi connectivity index (χ2n) is 6.16. The van der Waals surface area contributed by atoms with Crippen molar-refractivity contribution in [3.05, 3.63) is 10.1 Å². The molecule has 0 atom stereocenters. The van der Waals surface area contributed by atoms with Crippen LogP contribution in [-0.2, 0) is 4.74 Å². The molecule has 4 rings (SSSR count). The molecule has 6 heteroatoms. The van der Waals surface area contributed by atoms with Crippen molar-refractivity contribution in [1.82, 2.24) is 5.01 Å². The van der Waals surface area contributed by atoms with Gasteiger partial charge in [0, 0.05) is 0 Å². The molecule has 4 aliphatic carbocycles. The van der Waals surface area contributed by atoms with Crippen molar-refractivity contribution in [2.75, 3.05) is 7.11 Å². The highest BCUT2D eigenvalue weighted by molar-refractivity contribution is 5.67. The molecule has 0 spiro atoms. The summed E-state index contributed by atoms with van der Waals surface area (Å²) in [6, 6.07) is 0. The van der Waals surface area contributed by atoms with Crippen LogP contribution < -0.4 is 0 Å². The molecule has 0 radical (unpaired) electrons. The predicted octanol–water partition coefficient (Wildman–Crippen LogP) is 2.22. The molecule has 6 nitrogen and oxygen atoms in total. The smallest absolute Gasteiger partial charge is 0.449 e. The Kier molecular flexibility index (Phi) is 2.50. The van der Waals surface area contributed by atoms with Crippen LogP contribution in [0.4, 0.5) is 4.79 Å². The molecule has 100 valence electrons. The van der Waals surface area contributed by atoms with Gasteiger partial charge in [-0.05, 0) is 61.3 Å². The monoisotopic (exact) mass is 254 g/mol. The number of hydrazine groups is 1. The number of carbonyl (C=O) groups is 1. The van der Waals surface area contributed by atoms with Crippen LogP contribution in [0.5, 0.6) is 0 Å².